The van der Waals surface area contributed by atoms with Gasteiger partial charge in [0.25, 0.3) is 0 Å². The van der Waals surface area contributed by atoms with Gasteiger partial charge in [0.15, 0.2) is 0 Å². The van der Waals surface area contributed by atoms with E-state index in [-0.39, 0.29) is 10.8 Å². The van der Waals surface area contributed by atoms with Crippen LogP contribution in [0.5, 0.6) is 5.75 Å². The molecule has 3 rings (SSSR count). The summed E-state index contributed by atoms with van der Waals surface area (Å²) in [5.74, 6) is -0.920. The molecule has 106 valence electrons. The molecule has 1 unspecified atom stereocenters. The fourth-order valence-electron chi connectivity index (χ4n) is 2.27. The van der Waals surface area contributed by atoms with E-state index < -0.39 is 15.9 Å². The molecule has 5 heteroatoms. The minimum atomic E-state index is -3.85. The Balaban J connectivity index is 2.32. The molecule has 0 amide bonds. The van der Waals surface area contributed by atoms with Crippen LogP contribution in [0.1, 0.15) is 20.8 Å². The number of fused-ring (bicyclic) bond motifs is 3. The molecule has 0 N–H and O–H groups in total. The molecule has 1 heterocycles. The summed E-state index contributed by atoms with van der Waals surface area (Å²) in [5, 5.41) is 1.46. The molecule has 20 heavy (non-hydrogen) atoms. The first-order valence-corrected chi connectivity index (χ1v) is 7.91. The van der Waals surface area contributed by atoms with Crippen LogP contribution >= 0.6 is 0 Å². The highest BCUT2D eigenvalue weighted by Gasteiger charge is 2.44. The number of hydrogen-bond donors (Lipinski definition) is 0. The lowest BCUT2D eigenvalue weighted by atomic mass is 10.0. The molecule has 1 aliphatic rings. The second-order valence-corrected chi connectivity index (χ2v) is 6.91. The topological polar surface area (TPSA) is 52.6 Å². The van der Waals surface area contributed by atoms with Crippen molar-refractivity contribution in [3.05, 3.63) is 36.4 Å². The third kappa shape index (κ3) is 1.89. The highest BCUT2D eigenvalue weighted by Crippen LogP contribution is 2.43. The lowest BCUT2D eigenvalue weighted by Crippen LogP contribution is -2.46. The first-order chi connectivity index (χ1) is 9.33. The highest BCUT2D eigenvalue weighted by molar-refractivity contribution is 7.87. The van der Waals surface area contributed by atoms with E-state index >= 15 is 0 Å². The third-order valence-electron chi connectivity index (χ3n) is 3.73. The molecule has 0 fully saturated rings. The molecule has 0 radical (unpaired) electrons. The van der Waals surface area contributed by atoms with Crippen molar-refractivity contribution >= 4 is 20.9 Å². The number of rotatable bonds is 1. The summed E-state index contributed by atoms with van der Waals surface area (Å²) in [5.41, 5.74) is 0. The lowest BCUT2D eigenvalue weighted by molar-refractivity contribution is -0.136. The lowest BCUT2D eigenvalue weighted by Gasteiger charge is -2.37. The van der Waals surface area contributed by atoms with Crippen LogP contribution in [0, 0.1) is 5.92 Å². The van der Waals surface area contributed by atoms with Gasteiger partial charge in [-0.1, -0.05) is 44.2 Å². The molecule has 0 aromatic heterocycles. The SMILES string of the molecule is CC(C)C1(C)Oc2ccc3ccccc3c2S(=O)(=O)O1. The van der Waals surface area contributed by atoms with E-state index in [1.54, 1.807) is 25.1 Å². The van der Waals surface area contributed by atoms with E-state index in [2.05, 4.69) is 0 Å². The second kappa shape index (κ2) is 4.20. The molecule has 0 aliphatic carbocycles. The normalized spacial score (nSPS) is 24.4. The Morgan fingerprint density at radius 2 is 1.80 bits per heavy atom. The van der Waals surface area contributed by atoms with Gasteiger partial charge in [0.1, 0.15) is 10.6 Å². The maximum absolute atomic E-state index is 12.5. The van der Waals surface area contributed by atoms with E-state index in [0.717, 1.165) is 5.39 Å². The van der Waals surface area contributed by atoms with Crippen molar-refractivity contribution in [1.29, 1.82) is 0 Å². The molecule has 0 saturated heterocycles. The molecular formula is C15H16O4S. The molecule has 2 aromatic rings. The Morgan fingerprint density at radius 3 is 2.50 bits per heavy atom. The van der Waals surface area contributed by atoms with Crippen LogP contribution in [0.2, 0.25) is 0 Å². The minimum Gasteiger partial charge on any atom is -0.460 e. The Kier molecular flexibility index (Phi) is 2.81. The average molecular weight is 292 g/mol. The Hall–Kier alpha value is -1.59. The predicted molar refractivity (Wildman–Crippen MR) is 76.1 cm³/mol. The van der Waals surface area contributed by atoms with Gasteiger partial charge in [0, 0.05) is 18.2 Å². The minimum absolute atomic E-state index is 0.100. The van der Waals surface area contributed by atoms with Gasteiger partial charge in [0.2, 0.25) is 5.79 Å². The zero-order valence-electron chi connectivity index (χ0n) is 11.6. The zero-order chi connectivity index (χ0) is 14.5. The number of benzene rings is 2. The summed E-state index contributed by atoms with van der Waals surface area (Å²) >= 11 is 0. The van der Waals surface area contributed by atoms with E-state index in [0.29, 0.717) is 11.1 Å². The van der Waals surface area contributed by atoms with E-state index in [9.17, 15) is 8.42 Å². The average Bonchev–Trinajstić information content (AvgIpc) is 2.36. The van der Waals surface area contributed by atoms with Crippen LogP contribution in [0.15, 0.2) is 41.3 Å². The number of ether oxygens (including phenoxy) is 1. The Morgan fingerprint density at radius 1 is 1.10 bits per heavy atom. The largest absolute Gasteiger partial charge is 0.460 e. The standard InChI is InChI=1S/C15H16O4S/c1-10(2)15(3)18-13-9-8-11-6-4-5-7-12(11)14(13)20(16,17)19-15/h4-10H,1-3H3. The molecule has 1 aliphatic heterocycles. The number of hydrogen-bond acceptors (Lipinski definition) is 4. The maximum Gasteiger partial charge on any atom is 0.304 e. The van der Waals surface area contributed by atoms with Crippen LogP contribution < -0.4 is 4.74 Å². The Labute approximate surface area is 118 Å². The fourth-order valence-corrected chi connectivity index (χ4v) is 3.83. The summed E-state index contributed by atoms with van der Waals surface area (Å²) in [4.78, 5) is 0.119. The van der Waals surface area contributed by atoms with Crippen LogP contribution in [-0.4, -0.2) is 14.2 Å². The molecule has 4 nitrogen and oxygen atoms in total. The van der Waals surface area contributed by atoms with Crippen LogP contribution in [-0.2, 0) is 14.3 Å². The zero-order valence-corrected chi connectivity index (χ0v) is 12.4. The Bertz CT molecular complexity index is 780. The molecule has 0 bridgehead atoms. The van der Waals surface area contributed by atoms with Crippen LogP contribution in [0.3, 0.4) is 0 Å². The van der Waals surface area contributed by atoms with Crippen molar-refractivity contribution in [3.63, 3.8) is 0 Å². The molecule has 2 aromatic carbocycles. The van der Waals surface area contributed by atoms with Crippen molar-refractivity contribution in [3.8, 4) is 5.75 Å². The highest BCUT2D eigenvalue weighted by atomic mass is 32.2. The van der Waals surface area contributed by atoms with Gasteiger partial charge in [-0.15, -0.1) is 0 Å². The van der Waals surface area contributed by atoms with E-state index in [1.807, 2.05) is 32.0 Å². The summed E-state index contributed by atoms with van der Waals surface area (Å²) in [6.07, 6.45) is 0. The van der Waals surface area contributed by atoms with Crippen LogP contribution in [0.25, 0.3) is 10.8 Å². The van der Waals surface area contributed by atoms with Crippen LogP contribution in [0.4, 0.5) is 0 Å². The summed E-state index contributed by atoms with van der Waals surface area (Å²) in [6, 6.07) is 10.8. The van der Waals surface area contributed by atoms with Crippen molar-refractivity contribution in [2.75, 3.05) is 0 Å². The summed E-state index contributed by atoms with van der Waals surface area (Å²) in [7, 11) is -3.85. The van der Waals surface area contributed by atoms with Gasteiger partial charge in [-0.3, -0.25) is 0 Å². The molecular weight excluding hydrogens is 276 g/mol. The van der Waals surface area contributed by atoms with Gasteiger partial charge < -0.3 is 4.74 Å². The maximum atomic E-state index is 12.5. The first kappa shape index (κ1) is 13.4. The molecule has 1 atom stereocenters. The van der Waals surface area contributed by atoms with Crippen molar-refractivity contribution in [1.82, 2.24) is 0 Å². The predicted octanol–water partition coefficient (Wildman–Crippen LogP) is 3.31. The van der Waals surface area contributed by atoms with Gasteiger partial charge in [-0.2, -0.15) is 8.42 Å². The van der Waals surface area contributed by atoms with Gasteiger partial charge in [-0.25, -0.2) is 4.18 Å². The first-order valence-electron chi connectivity index (χ1n) is 6.50. The van der Waals surface area contributed by atoms with Crippen molar-refractivity contribution < 1.29 is 17.3 Å². The quantitative estimate of drug-likeness (QED) is 0.757. The second-order valence-electron chi connectivity index (χ2n) is 5.42. The fraction of sp³-hybridized carbons (Fsp3) is 0.333. The van der Waals surface area contributed by atoms with Crippen molar-refractivity contribution in [2.24, 2.45) is 5.92 Å². The monoisotopic (exact) mass is 292 g/mol. The van der Waals surface area contributed by atoms with E-state index in [1.165, 1.54) is 0 Å². The van der Waals surface area contributed by atoms with E-state index in [4.69, 9.17) is 8.92 Å². The third-order valence-corrected chi connectivity index (χ3v) is 5.20. The van der Waals surface area contributed by atoms with Crippen molar-refractivity contribution in [2.45, 2.75) is 31.5 Å². The van der Waals surface area contributed by atoms with Gasteiger partial charge in [0.05, 0.1) is 0 Å². The van der Waals surface area contributed by atoms with Gasteiger partial charge >= 0.3 is 10.1 Å². The smallest absolute Gasteiger partial charge is 0.304 e. The molecule has 0 spiro atoms. The summed E-state index contributed by atoms with van der Waals surface area (Å²) < 4.78 is 36.1. The molecule has 0 saturated carbocycles. The summed E-state index contributed by atoms with van der Waals surface area (Å²) in [6.45, 7) is 5.37. The van der Waals surface area contributed by atoms with Gasteiger partial charge in [-0.05, 0) is 11.5 Å².